The second-order valence-electron chi connectivity index (χ2n) is 4.44. The maximum Gasteiger partial charge on any atom is 0.161 e. The van der Waals surface area contributed by atoms with Crippen molar-refractivity contribution in [1.82, 2.24) is 5.32 Å². The van der Waals surface area contributed by atoms with Crippen LogP contribution in [0.15, 0.2) is 16.6 Å². The van der Waals surface area contributed by atoms with E-state index in [4.69, 9.17) is 9.47 Å². The minimum Gasteiger partial charge on any atom is -0.493 e. The molecule has 0 saturated carbocycles. The summed E-state index contributed by atoms with van der Waals surface area (Å²) < 4.78 is 11.6. The average molecular weight is 316 g/mol. The van der Waals surface area contributed by atoms with Crippen molar-refractivity contribution in [2.75, 3.05) is 20.8 Å². The molecule has 0 aromatic heterocycles. The largest absolute Gasteiger partial charge is 0.493 e. The highest BCUT2D eigenvalue weighted by atomic mass is 79.9. The molecule has 0 radical (unpaired) electrons. The highest BCUT2D eigenvalue weighted by molar-refractivity contribution is 9.10. The molecular formula is C14H22BrNO2. The molecule has 18 heavy (non-hydrogen) atoms. The number of rotatable bonds is 7. The van der Waals surface area contributed by atoms with Crippen LogP contribution >= 0.6 is 15.9 Å². The quantitative estimate of drug-likeness (QED) is 0.834. The lowest BCUT2D eigenvalue weighted by atomic mass is 10.1. The Morgan fingerprint density at radius 3 is 2.39 bits per heavy atom. The number of ether oxygens (including phenoxy) is 2. The highest BCUT2D eigenvalue weighted by Crippen LogP contribution is 2.33. The minimum atomic E-state index is 0.698. The molecule has 0 aliphatic rings. The first kappa shape index (κ1) is 15.3. The summed E-state index contributed by atoms with van der Waals surface area (Å²) >= 11 is 3.56. The minimum absolute atomic E-state index is 0.698. The van der Waals surface area contributed by atoms with Gasteiger partial charge in [-0.05, 0) is 30.2 Å². The summed E-state index contributed by atoms with van der Waals surface area (Å²) in [5.41, 5.74) is 1.18. The van der Waals surface area contributed by atoms with Gasteiger partial charge in [-0.25, -0.2) is 0 Å². The topological polar surface area (TPSA) is 30.5 Å². The fraction of sp³-hybridized carbons (Fsp3) is 0.571. The Morgan fingerprint density at radius 1 is 1.22 bits per heavy atom. The number of nitrogens with one attached hydrogen (secondary N) is 1. The first-order chi connectivity index (χ1) is 8.62. The lowest BCUT2D eigenvalue weighted by Crippen LogP contribution is -2.20. The van der Waals surface area contributed by atoms with Gasteiger partial charge in [0.05, 0.1) is 14.2 Å². The zero-order chi connectivity index (χ0) is 13.5. The monoisotopic (exact) mass is 315 g/mol. The molecule has 0 fully saturated rings. The molecule has 102 valence electrons. The number of halogens is 1. The van der Waals surface area contributed by atoms with Crippen molar-refractivity contribution in [2.24, 2.45) is 5.92 Å². The molecule has 0 aliphatic carbocycles. The van der Waals surface area contributed by atoms with Gasteiger partial charge in [0.2, 0.25) is 0 Å². The molecule has 0 aliphatic heterocycles. The van der Waals surface area contributed by atoms with Gasteiger partial charge in [0.1, 0.15) is 0 Å². The first-order valence-electron chi connectivity index (χ1n) is 6.23. The zero-order valence-electron chi connectivity index (χ0n) is 11.5. The van der Waals surface area contributed by atoms with E-state index in [2.05, 4.69) is 35.1 Å². The van der Waals surface area contributed by atoms with Gasteiger partial charge in [0.15, 0.2) is 11.5 Å². The summed E-state index contributed by atoms with van der Waals surface area (Å²) in [6.45, 7) is 6.30. The van der Waals surface area contributed by atoms with Crippen molar-refractivity contribution < 1.29 is 9.47 Å². The Hall–Kier alpha value is -0.740. The van der Waals surface area contributed by atoms with Crippen molar-refractivity contribution in [3.05, 3.63) is 22.2 Å². The van der Waals surface area contributed by atoms with Crippen molar-refractivity contribution in [3.63, 3.8) is 0 Å². The molecule has 0 saturated heterocycles. The Labute approximate surface area is 118 Å². The summed E-state index contributed by atoms with van der Waals surface area (Å²) in [5.74, 6) is 2.21. The van der Waals surface area contributed by atoms with Gasteiger partial charge >= 0.3 is 0 Å². The van der Waals surface area contributed by atoms with Crippen LogP contribution in [0.1, 0.15) is 25.8 Å². The fourth-order valence-electron chi connectivity index (χ4n) is 1.63. The Kier molecular flexibility index (Phi) is 6.50. The fourth-order valence-corrected chi connectivity index (χ4v) is 2.09. The van der Waals surface area contributed by atoms with Gasteiger partial charge in [-0.1, -0.05) is 36.2 Å². The molecule has 1 unspecified atom stereocenters. The van der Waals surface area contributed by atoms with Crippen LogP contribution in [0.5, 0.6) is 11.5 Å². The van der Waals surface area contributed by atoms with Crippen LogP contribution in [-0.4, -0.2) is 20.8 Å². The smallest absolute Gasteiger partial charge is 0.161 e. The summed E-state index contributed by atoms with van der Waals surface area (Å²) in [5, 5.41) is 3.46. The van der Waals surface area contributed by atoms with Gasteiger partial charge in [-0.3, -0.25) is 0 Å². The Bertz CT molecular complexity index is 382. The predicted molar refractivity (Wildman–Crippen MR) is 78.4 cm³/mol. The second-order valence-corrected chi connectivity index (χ2v) is 5.30. The van der Waals surface area contributed by atoms with Gasteiger partial charge in [0.25, 0.3) is 0 Å². The number of benzene rings is 1. The van der Waals surface area contributed by atoms with Crippen molar-refractivity contribution in [3.8, 4) is 11.5 Å². The average Bonchev–Trinajstić information content (AvgIpc) is 2.39. The van der Waals surface area contributed by atoms with E-state index in [1.807, 2.05) is 12.1 Å². The van der Waals surface area contributed by atoms with E-state index in [0.29, 0.717) is 5.92 Å². The third-order valence-electron chi connectivity index (χ3n) is 3.06. The van der Waals surface area contributed by atoms with E-state index in [1.165, 1.54) is 12.0 Å². The number of hydrogen-bond donors (Lipinski definition) is 1. The molecule has 0 bridgehead atoms. The maximum absolute atomic E-state index is 5.31. The van der Waals surface area contributed by atoms with E-state index >= 15 is 0 Å². The van der Waals surface area contributed by atoms with Crippen molar-refractivity contribution in [2.45, 2.75) is 26.8 Å². The van der Waals surface area contributed by atoms with Crippen LogP contribution in [0.4, 0.5) is 0 Å². The van der Waals surface area contributed by atoms with E-state index in [9.17, 15) is 0 Å². The van der Waals surface area contributed by atoms with Crippen molar-refractivity contribution >= 4 is 15.9 Å². The van der Waals surface area contributed by atoms with E-state index in [0.717, 1.165) is 29.1 Å². The van der Waals surface area contributed by atoms with Gasteiger partial charge < -0.3 is 14.8 Å². The molecule has 4 heteroatoms. The lowest BCUT2D eigenvalue weighted by Gasteiger charge is -2.14. The normalized spacial score (nSPS) is 12.3. The molecule has 0 spiro atoms. The molecule has 1 atom stereocenters. The SMILES string of the molecule is CCC(C)CNCc1cc(OC)c(OC)cc1Br. The van der Waals surface area contributed by atoms with Crippen LogP contribution in [0.25, 0.3) is 0 Å². The molecule has 1 aromatic rings. The number of methoxy groups -OCH3 is 2. The van der Waals surface area contributed by atoms with Crippen LogP contribution in [0.2, 0.25) is 0 Å². The molecular weight excluding hydrogens is 294 g/mol. The summed E-state index contributed by atoms with van der Waals surface area (Å²) in [7, 11) is 3.30. The van der Waals surface area contributed by atoms with Gasteiger partial charge in [-0.2, -0.15) is 0 Å². The predicted octanol–water partition coefficient (Wildman–Crippen LogP) is 3.60. The molecule has 0 amide bonds. The standard InChI is InChI=1S/C14H22BrNO2/c1-5-10(2)8-16-9-11-6-13(17-3)14(18-4)7-12(11)15/h6-7,10,16H,5,8-9H2,1-4H3. The summed E-state index contributed by atoms with van der Waals surface area (Å²) in [4.78, 5) is 0. The Balaban J connectivity index is 2.71. The molecule has 3 nitrogen and oxygen atoms in total. The van der Waals surface area contributed by atoms with E-state index < -0.39 is 0 Å². The third-order valence-corrected chi connectivity index (χ3v) is 3.80. The molecule has 1 N–H and O–H groups in total. The molecule has 1 rings (SSSR count). The Morgan fingerprint density at radius 2 is 1.83 bits per heavy atom. The van der Waals surface area contributed by atoms with Gasteiger partial charge in [-0.15, -0.1) is 0 Å². The van der Waals surface area contributed by atoms with Crippen LogP contribution in [0, 0.1) is 5.92 Å². The highest BCUT2D eigenvalue weighted by Gasteiger charge is 2.09. The number of hydrogen-bond acceptors (Lipinski definition) is 3. The first-order valence-corrected chi connectivity index (χ1v) is 7.02. The van der Waals surface area contributed by atoms with Crippen LogP contribution in [0.3, 0.4) is 0 Å². The zero-order valence-corrected chi connectivity index (χ0v) is 13.1. The maximum atomic E-state index is 5.31. The van der Waals surface area contributed by atoms with Crippen LogP contribution in [-0.2, 0) is 6.54 Å². The second kappa shape index (κ2) is 7.64. The lowest BCUT2D eigenvalue weighted by molar-refractivity contribution is 0.354. The molecule has 1 aromatic carbocycles. The van der Waals surface area contributed by atoms with E-state index in [-0.39, 0.29) is 0 Å². The summed E-state index contributed by atoms with van der Waals surface area (Å²) in [6, 6.07) is 3.95. The third kappa shape index (κ3) is 4.18. The molecule has 0 heterocycles. The van der Waals surface area contributed by atoms with Crippen LogP contribution < -0.4 is 14.8 Å². The van der Waals surface area contributed by atoms with E-state index in [1.54, 1.807) is 14.2 Å². The van der Waals surface area contributed by atoms with Crippen molar-refractivity contribution in [1.29, 1.82) is 0 Å². The van der Waals surface area contributed by atoms with Gasteiger partial charge in [0, 0.05) is 11.0 Å². The summed E-state index contributed by atoms with van der Waals surface area (Å²) in [6.07, 6.45) is 1.19.